The van der Waals surface area contributed by atoms with Crippen molar-refractivity contribution in [1.29, 1.82) is 0 Å². The summed E-state index contributed by atoms with van der Waals surface area (Å²) in [6.07, 6.45) is 0. The van der Waals surface area contributed by atoms with Crippen LogP contribution in [0, 0.1) is 11.6 Å². The van der Waals surface area contributed by atoms with Crippen molar-refractivity contribution in [1.82, 2.24) is 9.55 Å². The summed E-state index contributed by atoms with van der Waals surface area (Å²) in [4.78, 5) is 4.31. The van der Waals surface area contributed by atoms with Crippen LogP contribution < -0.4 is 0 Å². The predicted octanol–water partition coefficient (Wildman–Crippen LogP) is 4.81. The number of hydrogen-bond acceptors (Lipinski definition) is 1. The van der Waals surface area contributed by atoms with Crippen molar-refractivity contribution in [2.75, 3.05) is 0 Å². The molecule has 3 aromatic rings. The molecule has 0 atom stereocenters. The van der Waals surface area contributed by atoms with Gasteiger partial charge in [0.05, 0.1) is 21.4 Å². The van der Waals surface area contributed by atoms with Gasteiger partial charge in [0.15, 0.2) is 0 Å². The second-order valence-electron chi connectivity index (χ2n) is 4.23. The molecule has 2 nitrogen and oxygen atoms in total. The van der Waals surface area contributed by atoms with E-state index in [0.29, 0.717) is 21.3 Å². The third-order valence-electron chi connectivity index (χ3n) is 2.97. The molecule has 6 heteroatoms. The molecule has 0 N–H and O–H groups in total. The molecule has 2 aromatic carbocycles. The summed E-state index contributed by atoms with van der Waals surface area (Å²) in [7, 11) is 0. The van der Waals surface area contributed by atoms with Gasteiger partial charge in [0, 0.05) is 11.8 Å². The Labute approximate surface area is 127 Å². The van der Waals surface area contributed by atoms with E-state index >= 15 is 0 Å². The number of halogens is 4. The zero-order chi connectivity index (χ0) is 14.3. The Morgan fingerprint density at radius 3 is 2.50 bits per heavy atom. The highest BCUT2D eigenvalue weighted by molar-refractivity contribution is 9.10. The van der Waals surface area contributed by atoms with Gasteiger partial charge in [-0.2, -0.15) is 0 Å². The molecule has 3 rings (SSSR count). The van der Waals surface area contributed by atoms with Gasteiger partial charge in [-0.1, -0.05) is 0 Å². The van der Waals surface area contributed by atoms with Gasteiger partial charge in [-0.15, -0.1) is 11.6 Å². The first-order valence-corrected chi connectivity index (χ1v) is 7.11. The molecule has 0 radical (unpaired) electrons. The second-order valence-corrected chi connectivity index (χ2v) is 5.35. The first-order chi connectivity index (χ1) is 9.60. The van der Waals surface area contributed by atoms with Gasteiger partial charge in [0.1, 0.15) is 17.5 Å². The quantitative estimate of drug-likeness (QED) is 0.602. The van der Waals surface area contributed by atoms with E-state index in [1.807, 2.05) is 0 Å². The highest BCUT2D eigenvalue weighted by Gasteiger charge is 2.14. The van der Waals surface area contributed by atoms with Crippen LogP contribution in [-0.4, -0.2) is 9.55 Å². The maximum Gasteiger partial charge on any atom is 0.139 e. The molecule has 0 aliphatic carbocycles. The molecule has 20 heavy (non-hydrogen) atoms. The fourth-order valence-corrected chi connectivity index (χ4v) is 2.60. The van der Waals surface area contributed by atoms with Crippen molar-refractivity contribution in [3.63, 3.8) is 0 Å². The molecular formula is C14H8BrClF2N2. The van der Waals surface area contributed by atoms with Gasteiger partial charge in [0.2, 0.25) is 0 Å². The molecule has 0 saturated heterocycles. The van der Waals surface area contributed by atoms with Crippen LogP contribution in [0.5, 0.6) is 0 Å². The summed E-state index contributed by atoms with van der Waals surface area (Å²) < 4.78 is 28.7. The van der Waals surface area contributed by atoms with Crippen LogP contribution in [0.15, 0.2) is 40.9 Å². The molecule has 0 amide bonds. The van der Waals surface area contributed by atoms with E-state index in [4.69, 9.17) is 11.6 Å². The first kappa shape index (κ1) is 13.5. The van der Waals surface area contributed by atoms with Gasteiger partial charge in [-0.3, -0.25) is 4.57 Å². The summed E-state index contributed by atoms with van der Waals surface area (Å²) in [6, 6.07) is 8.95. The summed E-state index contributed by atoms with van der Waals surface area (Å²) >= 11 is 9.06. The zero-order valence-corrected chi connectivity index (χ0v) is 12.4. The minimum atomic E-state index is -0.387. The van der Waals surface area contributed by atoms with Crippen molar-refractivity contribution in [2.24, 2.45) is 0 Å². The third-order valence-corrected chi connectivity index (χ3v) is 3.82. The van der Waals surface area contributed by atoms with Gasteiger partial charge in [-0.05, 0) is 46.3 Å². The average molecular weight is 358 g/mol. The highest BCUT2D eigenvalue weighted by atomic mass is 79.9. The largest absolute Gasteiger partial charge is 0.295 e. The van der Waals surface area contributed by atoms with Crippen LogP contribution in [0.2, 0.25) is 0 Å². The SMILES string of the molecule is Fc1ccc(-n2c(CCl)nc3cc(F)c(Br)cc32)cc1. The lowest BCUT2D eigenvalue weighted by Crippen LogP contribution is -1.99. The molecule has 0 saturated carbocycles. The number of rotatable bonds is 2. The van der Waals surface area contributed by atoms with E-state index in [2.05, 4.69) is 20.9 Å². The zero-order valence-electron chi connectivity index (χ0n) is 10.1. The van der Waals surface area contributed by atoms with Crippen LogP contribution in [0.3, 0.4) is 0 Å². The fraction of sp³-hybridized carbons (Fsp3) is 0.0714. The second kappa shape index (κ2) is 5.14. The lowest BCUT2D eigenvalue weighted by atomic mass is 10.2. The van der Waals surface area contributed by atoms with Crippen molar-refractivity contribution >= 4 is 38.6 Å². The Morgan fingerprint density at radius 1 is 1.15 bits per heavy atom. The maximum atomic E-state index is 13.6. The Morgan fingerprint density at radius 2 is 1.85 bits per heavy atom. The maximum absolute atomic E-state index is 13.6. The van der Waals surface area contributed by atoms with Crippen molar-refractivity contribution in [3.05, 3.63) is 58.3 Å². The Balaban J connectivity index is 2.32. The molecule has 0 fully saturated rings. The van der Waals surface area contributed by atoms with E-state index in [1.165, 1.54) is 18.2 Å². The van der Waals surface area contributed by atoms with Gasteiger partial charge in [0.25, 0.3) is 0 Å². The monoisotopic (exact) mass is 356 g/mol. The summed E-state index contributed by atoms with van der Waals surface area (Å²) in [5.41, 5.74) is 1.94. The summed E-state index contributed by atoms with van der Waals surface area (Å²) in [5.74, 6) is 0.0386. The number of nitrogens with zero attached hydrogens (tertiary/aromatic N) is 2. The lowest BCUT2D eigenvalue weighted by Gasteiger charge is -2.08. The number of alkyl halides is 1. The third kappa shape index (κ3) is 2.21. The van der Waals surface area contributed by atoms with Crippen LogP contribution in [0.25, 0.3) is 16.7 Å². The fourth-order valence-electron chi connectivity index (χ4n) is 2.09. The molecule has 1 aromatic heterocycles. The van der Waals surface area contributed by atoms with Gasteiger partial charge in [-0.25, -0.2) is 13.8 Å². The number of aromatic nitrogens is 2. The van der Waals surface area contributed by atoms with Gasteiger partial charge < -0.3 is 0 Å². The number of fused-ring (bicyclic) bond motifs is 1. The lowest BCUT2D eigenvalue weighted by molar-refractivity contribution is 0.623. The Hall–Kier alpha value is -1.46. The minimum Gasteiger partial charge on any atom is -0.295 e. The van der Waals surface area contributed by atoms with E-state index in [-0.39, 0.29) is 17.5 Å². The van der Waals surface area contributed by atoms with Crippen LogP contribution in [0.1, 0.15) is 5.82 Å². The number of hydrogen-bond donors (Lipinski definition) is 0. The number of benzene rings is 2. The van der Waals surface area contributed by atoms with E-state index in [0.717, 1.165) is 5.69 Å². The predicted molar refractivity (Wildman–Crippen MR) is 78.2 cm³/mol. The van der Waals surface area contributed by atoms with Crippen LogP contribution in [0.4, 0.5) is 8.78 Å². The highest BCUT2D eigenvalue weighted by Crippen LogP contribution is 2.27. The molecule has 0 aliphatic rings. The Kier molecular flexibility index (Phi) is 3.48. The van der Waals surface area contributed by atoms with Gasteiger partial charge >= 0.3 is 0 Å². The smallest absolute Gasteiger partial charge is 0.139 e. The molecule has 1 heterocycles. The molecule has 0 unspecified atom stereocenters. The van der Waals surface area contributed by atoms with E-state index < -0.39 is 0 Å². The molecule has 0 bridgehead atoms. The van der Waals surface area contributed by atoms with E-state index in [9.17, 15) is 8.78 Å². The number of imidazole rings is 1. The normalized spacial score (nSPS) is 11.2. The summed E-state index contributed by atoms with van der Waals surface area (Å²) in [6.45, 7) is 0. The summed E-state index contributed by atoms with van der Waals surface area (Å²) in [5, 5.41) is 0. The molecule has 102 valence electrons. The van der Waals surface area contributed by atoms with Crippen molar-refractivity contribution in [3.8, 4) is 5.69 Å². The molecular weight excluding hydrogens is 350 g/mol. The molecule has 0 spiro atoms. The van der Waals surface area contributed by atoms with E-state index in [1.54, 1.807) is 22.8 Å². The minimum absolute atomic E-state index is 0.172. The Bertz CT molecular complexity index is 784. The first-order valence-electron chi connectivity index (χ1n) is 5.78. The van der Waals surface area contributed by atoms with Crippen molar-refractivity contribution in [2.45, 2.75) is 5.88 Å². The van der Waals surface area contributed by atoms with Crippen LogP contribution >= 0.6 is 27.5 Å². The van der Waals surface area contributed by atoms with Crippen LogP contribution in [-0.2, 0) is 5.88 Å². The topological polar surface area (TPSA) is 17.8 Å². The average Bonchev–Trinajstić information content (AvgIpc) is 2.78. The molecule has 0 aliphatic heterocycles. The standard InChI is InChI=1S/C14H8BrClF2N2/c15-10-5-13-12(6-11(10)18)19-14(7-16)20(13)9-3-1-8(17)2-4-9/h1-6H,7H2. The van der Waals surface area contributed by atoms with Crippen molar-refractivity contribution < 1.29 is 8.78 Å².